The fourth-order valence-corrected chi connectivity index (χ4v) is 3.85. The number of allylic oxidation sites excluding steroid dienone is 2. The summed E-state index contributed by atoms with van der Waals surface area (Å²) >= 11 is 0. The summed E-state index contributed by atoms with van der Waals surface area (Å²) in [6.45, 7) is 2.65. The van der Waals surface area contributed by atoms with Crippen molar-refractivity contribution in [3.8, 4) is 0 Å². The number of benzene rings is 1. The SMILES string of the molecule is COC1=C(OC)C(=O)C(Cc2ccc(CCC(=O)N3CCC(=O)CC3)cc2)=C(C)C1=O. The van der Waals surface area contributed by atoms with Gasteiger partial charge in [0.25, 0.3) is 0 Å². The third kappa shape index (κ3) is 4.93. The zero-order valence-corrected chi connectivity index (χ0v) is 18.2. The molecule has 0 N–H and O–H groups in total. The second kappa shape index (κ2) is 9.73. The molecule has 0 bridgehead atoms. The molecule has 1 aromatic carbocycles. The van der Waals surface area contributed by atoms with Crippen LogP contribution in [0.25, 0.3) is 0 Å². The van der Waals surface area contributed by atoms with Gasteiger partial charge < -0.3 is 14.4 Å². The van der Waals surface area contributed by atoms with Gasteiger partial charge >= 0.3 is 0 Å². The lowest BCUT2D eigenvalue weighted by molar-refractivity contribution is -0.134. The minimum Gasteiger partial charge on any atom is -0.489 e. The molecule has 1 aliphatic carbocycles. The first-order valence-corrected chi connectivity index (χ1v) is 10.3. The van der Waals surface area contributed by atoms with Crippen LogP contribution in [0.4, 0.5) is 0 Å². The van der Waals surface area contributed by atoms with Gasteiger partial charge in [-0.05, 0) is 24.5 Å². The fourth-order valence-electron chi connectivity index (χ4n) is 3.85. The molecule has 0 saturated carbocycles. The Hall–Kier alpha value is -3.22. The van der Waals surface area contributed by atoms with E-state index in [2.05, 4.69) is 0 Å². The number of rotatable bonds is 7. The molecular weight excluding hydrogens is 398 g/mol. The van der Waals surface area contributed by atoms with E-state index >= 15 is 0 Å². The van der Waals surface area contributed by atoms with Gasteiger partial charge in [0.1, 0.15) is 5.78 Å². The Morgan fingerprint density at radius 1 is 0.903 bits per heavy atom. The second-order valence-corrected chi connectivity index (χ2v) is 7.74. The Balaban J connectivity index is 1.62. The summed E-state index contributed by atoms with van der Waals surface area (Å²) in [5.41, 5.74) is 2.65. The van der Waals surface area contributed by atoms with Crippen molar-refractivity contribution in [1.29, 1.82) is 0 Å². The van der Waals surface area contributed by atoms with Crippen molar-refractivity contribution >= 4 is 23.3 Å². The summed E-state index contributed by atoms with van der Waals surface area (Å²) in [6, 6.07) is 7.67. The number of ether oxygens (including phenoxy) is 2. The van der Waals surface area contributed by atoms with Crippen molar-refractivity contribution in [3.63, 3.8) is 0 Å². The highest BCUT2D eigenvalue weighted by atomic mass is 16.5. The van der Waals surface area contributed by atoms with Crippen LogP contribution in [0.2, 0.25) is 0 Å². The quantitative estimate of drug-likeness (QED) is 0.623. The predicted molar refractivity (Wildman–Crippen MR) is 113 cm³/mol. The van der Waals surface area contributed by atoms with Crippen molar-refractivity contribution in [2.75, 3.05) is 27.3 Å². The molecule has 0 radical (unpaired) electrons. The molecule has 1 fully saturated rings. The van der Waals surface area contributed by atoms with E-state index < -0.39 is 0 Å². The third-order valence-corrected chi connectivity index (χ3v) is 5.80. The number of methoxy groups -OCH3 is 2. The lowest BCUT2D eigenvalue weighted by atomic mass is 9.88. The number of carbonyl (C=O) groups is 4. The Bertz CT molecular complexity index is 960. The molecule has 1 saturated heterocycles. The van der Waals surface area contributed by atoms with Gasteiger partial charge in [0.2, 0.25) is 29.0 Å². The monoisotopic (exact) mass is 425 g/mol. The summed E-state index contributed by atoms with van der Waals surface area (Å²) < 4.78 is 10.2. The van der Waals surface area contributed by atoms with Crippen molar-refractivity contribution in [1.82, 2.24) is 4.90 Å². The first-order valence-electron chi connectivity index (χ1n) is 10.3. The van der Waals surface area contributed by atoms with Gasteiger partial charge in [-0.1, -0.05) is 24.3 Å². The maximum Gasteiger partial charge on any atom is 0.228 e. The zero-order valence-electron chi connectivity index (χ0n) is 18.2. The van der Waals surface area contributed by atoms with E-state index in [0.717, 1.165) is 11.1 Å². The zero-order chi connectivity index (χ0) is 22.5. The molecule has 7 nitrogen and oxygen atoms in total. The number of piperidine rings is 1. The molecule has 2 aliphatic rings. The molecule has 0 spiro atoms. The minimum absolute atomic E-state index is 0.0631. The summed E-state index contributed by atoms with van der Waals surface area (Å²) in [6.07, 6.45) is 2.20. The number of Topliss-reactive ketones (excluding diaryl/α,β-unsaturated/α-hetero) is 3. The van der Waals surface area contributed by atoms with Gasteiger partial charge in [-0.25, -0.2) is 0 Å². The summed E-state index contributed by atoms with van der Waals surface area (Å²) in [5.74, 6) is -0.532. The first kappa shape index (κ1) is 22.5. The van der Waals surface area contributed by atoms with Crippen molar-refractivity contribution in [3.05, 3.63) is 58.1 Å². The molecule has 0 aromatic heterocycles. The Morgan fingerprint density at radius 3 is 2.03 bits per heavy atom. The Morgan fingerprint density at radius 2 is 1.45 bits per heavy atom. The number of likely N-dealkylation sites (tertiary alicyclic amines) is 1. The minimum atomic E-state index is -0.344. The van der Waals surface area contributed by atoms with Crippen LogP contribution in [0.3, 0.4) is 0 Å². The topological polar surface area (TPSA) is 90.0 Å². The smallest absolute Gasteiger partial charge is 0.228 e. The van der Waals surface area contributed by atoms with Crippen molar-refractivity contribution in [2.45, 2.75) is 39.0 Å². The molecule has 1 aromatic rings. The van der Waals surface area contributed by atoms with Crippen LogP contribution in [0.5, 0.6) is 0 Å². The van der Waals surface area contributed by atoms with E-state index in [1.807, 2.05) is 24.3 Å². The van der Waals surface area contributed by atoms with Crippen LogP contribution in [0, 0.1) is 0 Å². The maximum absolute atomic E-state index is 12.8. The number of hydrogen-bond acceptors (Lipinski definition) is 6. The van der Waals surface area contributed by atoms with Gasteiger partial charge in [0.05, 0.1) is 14.2 Å². The highest BCUT2D eigenvalue weighted by Crippen LogP contribution is 2.28. The highest BCUT2D eigenvalue weighted by molar-refractivity contribution is 6.23. The Kier molecular flexibility index (Phi) is 7.05. The maximum atomic E-state index is 12.8. The lowest BCUT2D eigenvalue weighted by Crippen LogP contribution is -2.38. The number of ketones is 3. The van der Waals surface area contributed by atoms with Crippen LogP contribution in [0.15, 0.2) is 46.9 Å². The lowest BCUT2D eigenvalue weighted by Gasteiger charge is -2.26. The van der Waals surface area contributed by atoms with Gasteiger partial charge in [-0.2, -0.15) is 0 Å². The molecule has 1 amide bonds. The fraction of sp³-hybridized carbons (Fsp3) is 0.417. The predicted octanol–water partition coefficient (Wildman–Crippen LogP) is 2.33. The van der Waals surface area contributed by atoms with Crippen molar-refractivity contribution in [2.24, 2.45) is 0 Å². The number of aryl methyl sites for hydroxylation is 1. The third-order valence-electron chi connectivity index (χ3n) is 5.80. The van der Waals surface area contributed by atoms with Crippen molar-refractivity contribution < 1.29 is 28.7 Å². The second-order valence-electron chi connectivity index (χ2n) is 7.74. The number of nitrogens with zero attached hydrogens (tertiary/aromatic N) is 1. The van der Waals surface area contributed by atoms with E-state index in [4.69, 9.17) is 9.47 Å². The molecule has 1 aliphatic heterocycles. The van der Waals surface area contributed by atoms with E-state index in [-0.39, 0.29) is 34.8 Å². The molecule has 1 heterocycles. The highest BCUT2D eigenvalue weighted by Gasteiger charge is 2.34. The summed E-state index contributed by atoms with van der Waals surface area (Å²) in [4.78, 5) is 50.7. The van der Waals surface area contributed by atoms with E-state index in [0.29, 0.717) is 56.3 Å². The van der Waals surface area contributed by atoms with E-state index in [1.54, 1.807) is 11.8 Å². The van der Waals surface area contributed by atoms with Crippen LogP contribution in [-0.2, 0) is 41.5 Å². The largest absolute Gasteiger partial charge is 0.489 e. The molecule has 0 atom stereocenters. The average Bonchev–Trinajstić information content (AvgIpc) is 2.78. The van der Waals surface area contributed by atoms with Gasteiger partial charge in [0, 0.05) is 49.9 Å². The Labute approximate surface area is 181 Å². The van der Waals surface area contributed by atoms with Crippen LogP contribution in [-0.4, -0.2) is 55.5 Å². The molecular formula is C24H27NO6. The normalized spacial score (nSPS) is 17.4. The first-order chi connectivity index (χ1) is 14.8. The molecule has 164 valence electrons. The van der Waals surface area contributed by atoms with Gasteiger partial charge in [-0.3, -0.25) is 19.2 Å². The summed E-state index contributed by atoms with van der Waals surface area (Å²) in [7, 11) is 2.68. The molecule has 31 heavy (non-hydrogen) atoms. The number of hydrogen-bond donors (Lipinski definition) is 0. The average molecular weight is 425 g/mol. The summed E-state index contributed by atoms with van der Waals surface area (Å²) in [5, 5.41) is 0. The molecule has 7 heteroatoms. The van der Waals surface area contributed by atoms with Crippen LogP contribution >= 0.6 is 0 Å². The van der Waals surface area contributed by atoms with E-state index in [1.165, 1.54) is 14.2 Å². The van der Waals surface area contributed by atoms with Crippen LogP contribution in [0.1, 0.15) is 37.3 Å². The standard InChI is InChI=1S/C24H27NO6/c1-15-19(22(29)24(31-3)23(30-2)21(15)28)14-17-6-4-16(5-7-17)8-9-20(27)25-12-10-18(26)11-13-25/h4-7H,8-14H2,1-3H3. The number of carbonyl (C=O) groups excluding carboxylic acids is 4. The van der Waals surface area contributed by atoms with E-state index in [9.17, 15) is 19.2 Å². The number of amides is 1. The molecule has 0 unspecified atom stereocenters. The van der Waals surface area contributed by atoms with Gasteiger partial charge in [0.15, 0.2) is 0 Å². The molecule has 3 rings (SSSR count). The van der Waals surface area contributed by atoms with Gasteiger partial charge in [-0.15, -0.1) is 0 Å². The van der Waals surface area contributed by atoms with Crippen LogP contribution < -0.4 is 0 Å².